The summed E-state index contributed by atoms with van der Waals surface area (Å²) in [5.74, 6) is -6.29. The van der Waals surface area contributed by atoms with E-state index in [0.717, 1.165) is 0 Å². The van der Waals surface area contributed by atoms with Crippen LogP contribution in [0, 0.1) is 0 Å². The van der Waals surface area contributed by atoms with Crippen molar-refractivity contribution in [2.45, 2.75) is 51.1 Å². The summed E-state index contributed by atoms with van der Waals surface area (Å²) in [5, 5.41) is 20.8. The van der Waals surface area contributed by atoms with E-state index in [9.17, 15) is 19.8 Å². The van der Waals surface area contributed by atoms with Crippen molar-refractivity contribution in [2.24, 2.45) is 0 Å². The quantitative estimate of drug-likeness (QED) is 0.457. The maximum absolute atomic E-state index is 11.6. The van der Waals surface area contributed by atoms with Gasteiger partial charge < -0.3 is 19.7 Å². The van der Waals surface area contributed by atoms with Crippen molar-refractivity contribution in [1.29, 1.82) is 0 Å². The predicted molar refractivity (Wildman–Crippen MR) is 70.2 cm³/mol. The molecule has 2 N–H and O–H groups in total. The smallest absolute Gasteiger partial charge is 0.335 e. The third kappa shape index (κ3) is 3.26. The molecule has 2 atom stereocenters. The maximum atomic E-state index is 11.6. The minimum Gasteiger partial charge on any atom is -0.423 e. The van der Waals surface area contributed by atoms with Crippen LogP contribution in [-0.4, -0.2) is 33.7 Å². The van der Waals surface area contributed by atoms with Crippen molar-refractivity contribution >= 4 is 11.9 Å². The zero-order valence-electron chi connectivity index (χ0n) is 11.8. The molecule has 112 valence electrons. The highest BCUT2D eigenvalue weighted by molar-refractivity contribution is 5.88. The highest BCUT2D eigenvalue weighted by atomic mass is 16.7. The summed E-state index contributed by atoms with van der Waals surface area (Å²) in [5.41, 5.74) is 0.134. The molecule has 6 nitrogen and oxygen atoms in total. The van der Waals surface area contributed by atoms with Gasteiger partial charge in [0.05, 0.1) is 0 Å². The molecule has 0 saturated heterocycles. The third-order valence-electron chi connectivity index (χ3n) is 3.11. The van der Waals surface area contributed by atoms with E-state index >= 15 is 0 Å². The highest BCUT2D eigenvalue weighted by Crippen LogP contribution is 2.40. The van der Waals surface area contributed by atoms with E-state index in [-0.39, 0.29) is 24.0 Å². The topological polar surface area (TPSA) is 93.1 Å². The fraction of sp³-hybridized carbons (Fsp3) is 0.571. The first-order valence-corrected chi connectivity index (χ1v) is 6.34. The fourth-order valence-corrected chi connectivity index (χ4v) is 1.86. The Hall–Kier alpha value is -1.66. The van der Waals surface area contributed by atoms with Gasteiger partial charge in [0.15, 0.2) is 0 Å². The molecule has 0 heterocycles. The van der Waals surface area contributed by atoms with Crippen molar-refractivity contribution in [3.05, 3.63) is 24.3 Å². The minimum absolute atomic E-state index is 0.0357. The molecule has 2 unspecified atom stereocenters. The monoisotopic (exact) mass is 284 g/mol. The van der Waals surface area contributed by atoms with Gasteiger partial charge in [0, 0.05) is 24.0 Å². The van der Waals surface area contributed by atoms with Gasteiger partial charge in [-0.3, -0.25) is 0 Å². The molecule has 20 heavy (non-hydrogen) atoms. The normalized spacial score (nSPS) is 29.4. The van der Waals surface area contributed by atoms with E-state index in [0.29, 0.717) is 12.8 Å². The number of ether oxygens (including phenoxy) is 2. The lowest BCUT2D eigenvalue weighted by Crippen LogP contribution is -2.61. The van der Waals surface area contributed by atoms with E-state index in [2.05, 4.69) is 13.2 Å². The molecule has 0 spiro atoms. The van der Waals surface area contributed by atoms with Crippen LogP contribution in [0.1, 0.15) is 39.5 Å². The molecule has 1 aliphatic rings. The Morgan fingerprint density at radius 2 is 1.20 bits per heavy atom. The molecule has 1 rings (SSSR count). The molecule has 0 aromatic heterocycles. The van der Waals surface area contributed by atoms with E-state index < -0.39 is 23.5 Å². The van der Waals surface area contributed by atoms with Crippen molar-refractivity contribution in [3.63, 3.8) is 0 Å². The minimum atomic E-state index is -2.29. The number of carbonyl (C=O) groups is 2. The van der Waals surface area contributed by atoms with Crippen LogP contribution in [0.4, 0.5) is 0 Å². The SMILES string of the molecule is C=C(C)C(=O)OC1(O)CCCCC1(O)OC(=O)C(=C)C. The van der Waals surface area contributed by atoms with Crippen molar-refractivity contribution in [2.75, 3.05) is 0 Å². The van der Waals surface area contributed by atoms with Gasteiger partial charge >= 0.3 is 11.9 Å². The second kappa shape index (κ2) is 5.76. The van der Waals surface area contributed by atoms with Gasteiger partial charge in [-0.2, -0.15) is 0 Å². The van der Waals surface area contributed by atoms with Crippen LogP contribution in [0.5, 0.6) is 0 Å². The summed E-state index contributed by atoms with van der Waals surface area (Å²) in [6, 6.07) is 0. The Labute approximate surface area is 117 Å². The van der Waals surface area contributed by atoms with Crippen LogP contribution in [0.2, 0.25) is 0 Å². The lowest BCUT2D eigenvalue weighted by Gasteiger charge is -2.44. The average Bonchev–Trinajstić information content (AvgIpc) is 2.33. The van der Waals surface area contributed by atoms with Gasteiger partial charge in [0.1, 0.15) is 0 Å². The second-order valence-corrected chi connectivity index (χ2v) is 5.12. The van der Waals surface area contributed by atoms with Crippen LogP contribution in [0.3, 0.4) is 0 Å². The molecule has 0 aromatic rings. The zero-order valence-corrected chi connectivity index (χ0v) is 11.8. The van der Waals surface area contributed by atoms with Crippen LogP contribution >= 0.6 is 0 Å². The lowest BCUT2D eigenvalue weighted by molar-refractivity contribution is -0.371. The summed E-state index contributed by atoms with van der Waals surface area (Å²) >= 11 is 0. The molecule has 6 heteroatoms. The highest BCUT2D eigenvalue weighted by Gasteiger charge is 2.57. The third-order valence-corrected chi connectivity index (χ3v) is 3.11. The van der Waals surface area contributed by atoms with Crippen LogP contribution in [-0.2, 0) is 19.1 Å². The van der Waals surface area contributed by atoms with Gasteiger partial charge in [0.2, 0.25) is 0 Å². The van der Waals surface area contributed by atoms with Crippen molar-refractivity contribution < 1.29 is 29.3 Å². The first-order chi connectivity index (χ1) is 9.11. The van der Waals surface area contributed by atoms with Gasteiger partial charge in [-0.15, -0.1) is 0 Å². The van der Waals surface area contributed by atoms with Gasteiger partial charge in [-0.1, -0.05) is 13.2 Å². The summed E-state index contributed by atoms with van der Waals surface area (Å²) in [6.07, 6.45) is 0.970. The molecular weight excluding hydrogens is 264 g/mol. The Morgan fingerprint density at radius 3 is 1.45 bits per heavy atom. The average molecular weight is 284 g/mol. The lowest BCUT2D eigenvalue weighted by atomic mass is 9.87. The number of rotatable bonds is 4. The van der Waals surface area contributed by atoms with Crippen LogP contribution < -0.4 is 0 Å². The molecule has 0 aromatic carbocycles. The molecule has 0 aliphatic heterocycles. The number of aliphatic hydroxyl groups is 2. The molecule has 1 saturated carbocycles. The van der Waals surface area contributed by atoms with Crippen LogP contribution in [0.15, 0.2) is 24.3 Å². The van der Waals surface area contributed by atoms with Gasteiger partial charge in [-0.05, 0) is 26.7 Å². The Morgan fingerprint density at radius 1 is 0.900 bits per heavy atom. The fourth-order valence-electron chi connectivity index (χ4n) is 1.86. The Bertz CT molecular complexity index is 413. The van der Waals surface area contributed by atoms with Gasteiger partial charge in [0.25, 0.3) is 11.6 Å². The number of esters is 2. The van der Waals surface area contributed by atoms with Crippen LogP contribution in [0.25, 0.3) is 0 Å². The predicted octanol–water partition coefficient (Wildman–Crippen LogP) is 1.18. The van der Waals surface area contributed by atoms with E-state index in [1.165, 1.54) is 13.8 Å². The molecular formula is C14H20O6. The molecule has 1 aliphatic carbocycles. The number of hydrogen-bond acceptors (Lipinski definition) is 6. The first kappa shape index (κ1) is 16.4. The van der Waals surface area contributed by atoms with Crippen molar-refractivity contribution in [3.8, 4) is 0 Å². The van der Waals surface area contributed by atoms with Crippen molar-refractivity contribution in [1.82, 2.24) is 0 Å². The Kier molecular flexibility index (Phi) is 4.73. The summed E-state index contributed by atoms with van der Waals surface area (Å²) in [7, 11) is 0. The van der Waals surface area contributed by atoms with E-state index in [4.69, 9.17) is 9.47 Å². The number of carbonyl (C=O) groups excluding carboxylic acids is 2. The van der Waals surface area contributed by atoms with E-state index in [1.54, 1.807) is 0 Å². The second-order valence-electron chi connectivity index (χ2n) is 5.12. The molecule has 0 bridgehead atoms. The zero-order chi connectivity index (χ0) is 15.6. The molecule has 1 fully saturated rings. The summed E-state index contributed by atoms with van der Waals surface area (Å²) in [6.45, 7) is 9.62. The maximum Gasteiger partial charge on any atom is 0.335 e. The summed E-state index contributed by atoms with van der Waals surface area (Å²) < 4.78 is 9.79. The molecule has 0 amide bonds. The Balaban J connectivity index is 2.99. The number of hydrogen-bond donors (Lipinski definition) is 2. The van der Waals surface area contributed by atoms with E-state index in [1.807, 2.05) is 0 Å². The molecule has 0 radical (unpaired) electrons. The standard InChI is InChI=1S/C14H20O6/c1-9(2)11(15)19-13(17)7-5-6-8-14(13,18)20-12(16)10(3)4/h17-18H,1,3,5-8H2,2,4H3. The largest absolute Gasteiger partial charge is 0.423 e. The summed E-state index contributed by atoms with van der Waals surface area (Å²) in [4.78, 5) is 23.1. The first-order valence-electron chi connectivity index (χ1n) is 6.34. The van der Waals surface area contributed by atoms with Gasteiger partial charge in [-0.25, -0.2) is 9.59 Å².